The second kappa shape index (κ2) is 6.09. The van der Waals surface area contributed by atoms with Crippen LogP contribution in [0.5, 0.6) is 0 Å². The molecule has 0 radical (unpaired) electrons. The Labute approximate surface area is 113 Å². The summed E-state index contributed by atoms with van der Waals surface area (Å²) in [6.07, 6.45) is 1.68. The molecule has 2 N–H and O–H groups in total. The van der Waals surface area contributed by atoms with Crippen molar-refractivity contribution >= 4 is 22.4 Å². The first kappa shape index (κ1) is 13.2. The second-order valence-electron chi connectivity index (χ2n) is 3.78. The molecule has 18 heavy (non-hydrogen) atoms. The topological polar surface area (TPSA) is 56.0 Å². The number of benzene rings is 1. The Morgan fingerprint density at radius 2 is 2.06 bits per heavy atom. The number of hydrogen-bond donors (Lipinski definition) is 1. The van der Waals surface area contributed by atoms with Crippen molar-refractivity contribution in [2.45, 2.75) is 17.2 Å². The highest BCUT2D eigenvalue weighted by molar-refractivity contribution is 7.84. The van der Waals surface area contributed by atoms with Gasteiger partial charge in [-0.25, -0.2) is 0 Å². The van der Waals surface area contributed by atoms with E-state index in [9.17, 15) is 4.21 Å². The molecule has 0 spiro atoms. The predicted molar refractivity (Wildman–Crippen MR) is 73.7 cm³/mol. The van der Waals surface area contributed by atoms with Crippen molar-refractivity contribution in [1.82, 2.24) is 4.98 Å². The van der Waals surface area contributed by atoms with Crippen LogP contribution in [-0.4, -0.2) is 9.19 Å². The van der Waals surface area contributed by atoms with Crippen molar-refractivity contribution in [3.05, 3.63) is 58.9 Å². The zero-order valence-electron chi connectivity index (χ0n) is 9.67. The normalized spacial score (nSPS) is 12.3. The van der Waals surface area contributed by atoms with Gasteiger partial charge < -0.3 is 5.73 Å². The highest BCUT2D eigenvalue weighted by Gasteiger charge is 2.09. The Morgan fingerprint density at radius 1 is 1.28 bits per heavy atom. The highest BCUT2D eigenvalue weighted by Crippen LogP contribution is 2.21. The largest absolute Gasteiger partial charge is 0.325 e. The molecule has 1 aromatic heterocycles. The minimum Gasteiger partial charge on any atom is -0.325 e. The molecule has 1 unspecified atom stereocenters. The number of hydrogen-bond acceptors (Lipinski definition) is 3. The fourth-order valence-electron chi connectivity index (χ4n) is 1.59. The van der Waals surface area contributed by atoms with Crippen molar-refractivity contribution < 1.29 is 4.21 Å². The lowest BCUT2D eigenvalue weighted by Gasteiger charge is -2.05. The Bertz CT molecular complexity index is 574. The number of halogens is 1. The van der Waals surface area contributed by atoms with E-state index in [1.807, 2.05) is 24.3 Å². The van der Waals surface area contributed by atoms with E-state index in [-0.39, 0.29) is 0 Å². The van der Waals surface area contributed by atoms with Gasteiger partial charge in [0.05, 0.1) is 32.2 Å². The average molecular weight is 281 g/mol. The molecule has 0 aliphatic rings. The van der Waals surface area contributed by atoms with E-state index in [1.54, 1.807) is 18.3 Å². The van der Waals surface area contributed by atoms with Gasteiger partial charge in [-0.3, -0.25) is 9.19 Å². The van der Waals surface area contributed by atoms with Crippen LogP contribution in [0.1, 0.15) is 11.3 Å². The lowest BCUT2D eigenvalue weighted by atomic mass is 10.2. The second-order valence-corrected chi connectivity index (χ2v) is 5.61. The van der Waals surface area contributed by atoms with Gasteiger partial charge in [0.2, 0.25) is 0 Å². The van der Waals surface area contributed by atoms with Crippen LogP contribution < -0.4 is 5.73 Å². The molecule has 1 heterocycles. The maximum absolute atomic E-state index is 12.2. The fourth-order valence-corrected chi connectivity index (χ4v) is 3.14. The summed E-state index contributed by atoms with van der Waals surface area (Å²) in [6.45, 7) is 0.382. The number of rotatable bonds is 4. The molecule has 1 atom stereocenters. The first-order valence-electron chi connectivity index (χ1n) is 5.47. The lowest BCUT2D eigenvalue weighted by Crippen LogP contribution is -2.02. The van der Waals surface area contributed by atoms with E-state index in [4.69, 9.17) is 17.3 Å². The molecule has 2 rings (SSSR count). The van der Waals surface area contributed by atoms with Gasteiger partial charge in [0.1, 0.15) is 0 Å². The Balaban J connectivity index is 2.19. The van der Waals surface area contributed by atoms with Crippen LogP contribution in [0.2, 0.25) is 5.02 Å². The summed E-state index contributed by atoms with van der Waals surface area (Å²) in [5, 5.41) is 0.531. The Kier molecular flexibility index (Phi) is 4.47. The molecule has 5 heteroatoms. The van der Waals surface area contributed by atoms with E-state index in [0.717, 1.165) is 11.3 Å². The van der Waals surface area contributed by atoms with E-state index < -0.39 is 10.8 Å². The predicted octanol–water partition coefficient (Wildman–Crippen LogP) is 2.50. The van der Waals surface area contributed by atoms with E-state index in [1.165, 1.54) is 0 Å². The molecular formula is C13H13ClN2OS. The van der Waals surface area contributed by atoms with Gasteiger partial charge in [-0.05, 0) is 29.8 Å². The SMILES string of the molecule is NCc1cc(CS(=O)c2ccccc2Cl)ccn1. The monoisotopic (exact) mass is 280 g/mol. The van der Waals surface area contributed by atoms with Gasteiger partial charge in [0.25, 0.3) is 0 Å². The minimum atomic E-state index is -1.16. The molecule has 3 nitrogen and oxygen atoms in total. The molecule has 0 amide bonds. The van der Waals surface area contributed by atoms with Crippen molar-refractivity contribution in [1.29, 1.82) is 0 Å². The minimum absolute atomic E-state index is 0.382. The highest BCUT2D eigenvalue weighted by atomic mass is 35.5. The van der Waals surface area contributed by atoms with Gasteiger partial charge in [-0.2, -0.15) is 0 Å². The van der Waals surface area contributed by atoms with Gasteiger partial charge in [0.15, 0.2) is 0 Å². The molecule has 1 aromatic carbocycles. The first-order valence-corrected chi connectivity index (χ1v) is 7.17. The van der Waals surface area contributed by atoms with Crippen LogP contribution in [-0.2, 0) is 23.1 Å². The number of nitrogens with zero attached hydrogens (tertiary/aromatic N) is 1. The standard InChI is InChI=1S/C13H13ClN2OS/c14-12-3-1-2-4-13(12)18(17)9-10-5-6-16-11(7-10)8-15/h1-7H,8-9,15H2. The molecule has 94 valence electrons. The maximum atomic E-state index is 12.2. The summed E-state index contributed by atoms with van der Waals surface area (Å²) in [7, 11) is -1.16. The van der Waals surface area contributed by atoms with Crippen molar-refractivity contribution in [3.8, 4) is 0 Å². The van der Waals surface area contributed by atoms with E-state index >= 15 is 0 Å². The zero-order chi connectivity index (χ0) is 13.0. The number of nitrogens with two attached hydrogens (primary N) is 1. The van der Waals surface area contributed by atoms with Crippen LogP contribution in [0.25, 0.3) is 0 Å². The van der Waals surface area contributed by atoms with Crippen LogP contribution in [0.3, 0.4) is 0 Å². The number of aromatic nitrogens is 1. The molecule has 0 aliphatic carbocycles. The molecule has 0 bridgehead atoms. The van der Waals surface area contributed by atoms with Crippen molar-refractivity contribution in [3.63, 3.8) is 0 Å². The van der Waals surface area contributed by atoms with Gasteiger partial charge >= 0.3 is 0 Å². The first-order chi connectivity index (χ1) is 8.70. The lowest BCUT2D eigenvalue weighted by molar-refractivity contribution is 0.682. The van der Waals surface area contributed by atoms with Gasteiger partial charge in [-0.15, -0.1) is 0 Å². The average Bonchev–Trinajstić information content (AvgIpc) is 2.39. The van der Waals surface area contributed by atoms with Gasteiger partial charge in [-0.1, -0.05) is 23.7 Å². The Morgan fingerprint density at radius 3 is 2.78 bits per heavy atom. The fraction of sp³-hybridized carbons (Fsp3) is 0.154. The summed E-state index contributed by atoms with van der Waals surface area (Å²) >= 11 is 6.02. The summed E-state index contributed by atoms with van der Waals surface area (Å²) < 4.78 is 12.2. The van der Waals surface area contributed by atoms with Crippen LogP contribution >= 0.6 is 11.6 Å². The third kappa shape index (κ3) is 3.16. The summed E-state index contributed by atoms with van der Waals surface area (Å²) in [4.78, 5) is 4.76. The van der Waals surface area contributed by atoms with Crippen LogP contribution in [0.4, 0.5) is 0 Å². The molecule has 0 fully saturated rings. The molecule has 2 aromatic rings. The van der Waals surface area contributed by atoms with Crippen LogP contribution in [0.15, 0.2) is 47.5 Å². The summed E-state index contributed by atoms with van der Waals surface area (Å²) in [6, 6.07) is 10.9. The zero-order valence-corrected chi connectivity index (χ0v) is 11.2. The summed E-state index contributed by atoms with van der Waals surface area (Å²) in [5.41, 5.74) is 7.27. The molecule has 0 saturated carbocycles. The smallest absolute Gasteiger partial charge is 0.0589 e. The van der Waals surface area contributed by atoms with E-state index in [2.05, 4.69) is 4.98 Å². The van der Waals surface area contributed by atoms with Crippen LogP contribution in [0, 0.1) is 0 Å². The molecular weight excluding hydrogens is 268 g/mol. The quantitative estimate of drug-likeness (QED) is 0.936. The van der Waals surface area contributed by atoms with Crippen molar-refractivity contribution in [2.75, 3.05) is 0 Å². The summed E-state index contributed by atoms with van der Waals surface area (Å²) in [5.74, 6) is 0.416. The number of pyridine rings is 1. The van der Waals surface area contributed by atoms with Crippen molar-refractivity contribution in [2.24, 2.45) is 5.73 Å². The third-order valence-corrected chi connectivity index (χ3v) is 4.35. The molecule has 0 aliphatic heterocycles. The third-order valence-electron chi connectivity index (χ3n) is 2.47. The maximum Gasteiger partial charge on any atom is 0.0589 e. The molecule has 0 saturated heterocycles. The van der Waals surface area contributed by atoms with E-state index in [0.29, 0.717) is 22.2 Å². The van der Waals surface area contributed by atoms with Gasteiger partial charge in [0, 0.05) is 12.7 Å². The Hall–Kier alpha value is -1.23.